The van der Waals surface area contributed by atoms with E-state index in [9.17, 15) is 0 Å². The number of benzene rings is 2. The van der Waals surface area contributed by atoms with E-state index >= 15 is 0 Å². The highest BCUT2D eigenvalue weighted by Gasteiger charge is 2.54. The summed E-state index contributed by atoms with van der Waals surface area (Å²) < 4.78 is 7.11. The summed E-state index contributed by atoms with van der Waals surface area (Å²) in [6.45, 7) is 9.70. The highest BCUT2D eigenvalue weighted by atomic mass is 29.3. The lowest BCUT2D eigenvalue weighted by atomic mass is 9.83. The second-order valence-electron chi connectivity index (χ2n) is 8.27. The van der Waals surface area contributed by atoms with Crippen LogP contribution in [0.5, 0.6) is 0 Å². The fourth-order valence-corrected chi connectivity index (χ4v) is 10.3. The first kappa shape index (κ1) is 18.7. The Morgan fingerprint density at radius 2 is 1.38 bits per heavy atom. The minimum atomic E-state index is -1.84. The van der Waals surface area contributed by atoms with Crippen LogP contribution in [0.25, 0.3) is 0 Å². The van der Waals surface area contributed by atoms with Crippen LogP contribution in [0.3, 0.4) is 0 Å². The summed E-state index contributed by atoms with van der Waals surface area (Å²) >= 11 is 0. The summed E-state index contributed by atoms with van der Waals surface area (Å²) in [6.07, 6.45) is 12.3. The molecule has 1 saturated heterocycles. The van der Waals surface area contributed by atoms with Crippen molar-refractivity contribution >= 4 is 15.4 Å². The van der Waals surface area contributed by atoms with Gasteiger partial charge < -0.3 is 4.43 Å². The van der Waals surface area contributed by atoms with Gasteiger partial charge in [-0.1, -0.05) is 55.2 Å². The second-order valence-corrected chi connectivity index (χ2v) is 23.4. The van der Waals surface area contributed by atoms with Gasteiger partial charge in [-0.15, -0.1) is 12.8 Å². The van der Waals surface area contributed by atoms with Crippen molar-refractivity contribution in [1.82, 2.24) is 0 Å². The van der Waals surface area contributed by atoms with Crippen molar-refractivity contribution in [3.63, 3.8) is 0 Å². The van der Waals surface area contributed by atoms with Crippen LogP contribution in [0.15, 0.2) is 48.5 Å². The Balaban J connectivity index is 2.23. The third-order valence-electron chi connectivity index (χ3n) is 6.15. The molecule has 1 heterocycles. The van der Waals surface area contributed by atoms with Gasteiger partial charge in [0.2, 0.25) is 0 Å². The van der Waals surface area contributed by atoms with E-state index in [2.05, 4.69) is 62.3 Å². The maximum Gasteiger partial charge on any atom is 0.175 e. The number of rotatable bonds is 2. The standard InChI is InChI=1S/C23H26OSi2/c1-7-19-11-9-13-21(17-19)23(22-14-10-12-20(8-2)18-22)15-16-25(3,4)26(5,6)24-23/h1-2,9-14,17-18H,15-16H2,3-6H3. The molecule has 0 bridgehead atoms. The number of terminal acetylenes is 2. The molecule has 26 heavy (non-hydrogen) atoms. The van der Waals surface area contributed by atoms with Crippen LogP contribution < -0.4 is 0 Å². The number of hydrogen-bond acceptors (Lipinski definition) is 1. The van der Waals surface area contributed by atoms with Crippen molar-refractivity contribution in [3.8, 4) is 24.7 Å². The largest absolute Gasteiger partial charge is 0.407 e. The van der Waals surface area contributed by atoms with Crippen LogP contribution in [-0.4, -0.2) is 15.4 Å². The number of hydrogen-bond donors (Lipinski definition) is 0. The van der Waals surface area contributed by atoms with Crippen LogP contribution in [0.1, 0.15) is 28.7 Å². The molecule has 1 fully saturated rings. The Morgan fingerprint density at radius 3 is 1.81 bits per heavy atom. The average Bonchev–Trinajstić information content (AvgIpc) is 2.64. The first-order valence-electron chi connectivity index (χ1n) is 9.09. The van der Waals surface area contributed by atoms with Gasteiger partial charge in [-0.2, -0.15) is 0 Å². The lowest BCUT2D eigenvalue weighted by Crippen LogP contribution is -2.64. The average molecular weight is 375 g/mol. The van der Waals surface area contributed by atoms with E-state index in [0.29, 0.717) is 0 Å². The van der Waals surface area contributed by atoms with E-state index < -0.39 is 21.0 Å². The quantitative estimate of drug-likeness (QED) is 0.511. The van der Waals surface area contributed by atoms with E-state index in [1.54, 1.807) is 0 Å². The summed E-state index contributed by atoms with van der Waals surface area (Å²) in [5, 5.41) is 0. The smallest absolute Gasteiger partial charge is 0.175 e. The molecule has 1 aliphatic heterocycles. The van der Waals surface area contributed by atoms with E-state index in [1.165, 1.54) is 6.04 Å². The summed E-state index contributed by atoms with van der Waals surface area (Å²) in [5.41, 5.74) is 3.61. The van der Waals surface area contributed by atoms with Gasteiger partial charge in [0.1, 0.15) is 5.60 Å². The normalized spacial score (nSPS) is 19.9. The van der Waals surface area contributed by atoms with Crippen LogP contribution in [0.4, 0.5) is 0 Å². The van der Waals surface area contributed by atoms with Gasteiger partial charge in [0.05, 0.1) is 7.59 Å². The van der Waals surface area contributed by atoms with Crippen LogP contribution in [0.2, 0.25) is 32.2 Å². The summed E-state index contributed by atoms with van der Waals surface area (Å²) in [6, 6.07) is 17.8. The molecular formula is C23H26OSi2. The monoisotopic (exact) mass is 374 g/mol. The third-order valence-corrected chi connectivity index (χ3v) is 22.6. The van der Waals surface area contributed by atoms with Gasteiger partial charge in [0.25, 0.3) is 0 Å². The first-order chi connectivity index (χ1) is 12.2. The Kier molecular flexibility index (Phi) is 4.75. The fraction of sp³-hybridized carbons (Fsp3) is 0.304. The van der Waals surface area contributed by atoms with Crippen molar-refractivity contribution in [2.24, 2.45) is 0 Å². The SMILES string of the molecule is C#Cc1cccc(C2(c3cccc(C#C)c3)CC[Si](C)(C)[Si](C)(C)O2)c1. The van der Waals surface area contributed by atoms with Crippen molar-refractivity contribution in [2.75, 3.05) is 0 Å². The van der Waals surface area contributed by atoms with Crippen molar-refractivity contribution in [2.45, 2.75) is 44.3 Å². The Bertz CT molecular complexity index is 855. The van der Waals surface area contributed by atoms with E-state index in [0.717, 1.165) is 28.7 Å². The molecule has 0 aliphatic carbocycles. The Labute approximate surface area is 159 Å². The first-order valence-corrected chi connectivity index (χ1v) is 16.2. The second kappa shape index (κ2) is 6.60. The van der Waals surface area contributed by atoms with Gasteiger partial charge >= 0.3 is 0 Å². The van der Waals surface area contributed by atoms with E-state index in [1.807, 2.05) is 24.3 Å². The molecule has 1 aliphatic rings. The zero-order valence-corrected chi connectivity index (χ0v) is 18.1. The molecule has 0 atom stereocenters. The van der Waals surface area contributed by atoms with Gasteiger partial charge in [-0.25, -0.2) is 0 Å². The third kappa shape index (κ3) is 3.08. The Morgan fingerprint density at radius 1 is 0.885 bits per heavy atom. The lowest BCUT2D eigenvalue weighted by molar-refractivity contribution is 0.0938. The Hall–Kier alpha value is -2.05. The molecule has 3 heteroatoms. The lowest BCUT2D eigenvalue weighted by Gasteiger charge is -2.52. The molecule has 0 amide bonds. The van der Waals surface area contributed by atoms with Crippen LogP contribution in [0, 0.1) is 24.7 Å². The zero-order valence-electron chi connectivity index (χ0n) is 16.1. The van der Waals surface area contributed by atoms with Gasteiger partial charge in [0.15, 0.2) is 7.83 Å². The van der Waals surface area contributed by atoms with E-state index in [4.69, 9.17) is 17.3 Å². The summed E-state index contributed by atoms with van der Waals surface area (Å²) in [7, 11) is -3.22. The minimum Gasteiger partial charge on any atom is -0.407 e. The highest BCUT2D eigenvalue weighted by Crippen LogP contribution is 2.48. The molecule has 0 aromatic heterocycles. The molecule has 0 unspecified atom stereocenters. The van der Waals surface area contributed by atoms with Crippen LogP contribution in [-0.2, 0) is 10.0 Å². The van der Waals surface area contributed by atoms with Gasteiger partial charge in [-0.3, -0.25) is 0 Å². The molecule has 2 aromatic rings. The van der Waals surface area contributed by atoms with E-state index in [-0.39, 0.29) is 0 Å². The molecular weight excluding hydrogens is 348 g/mol. The minimum absolute atomic E-state index is 0.460. The molecule has 0 spiro atoms. The molecule has 1 nitrogen and oxygen atoms in total. The predicted molar refractivity (Wildman–Crippen MR) is 115 cm³/mol. The molecule has 0 N–H and O–H groups in total. The zero-order chi connectivity index (χ0) is 19.0. The van der Waals surface area contributed by atoms with Gasteiger partial charge in [0, 0.05) is 11.1 Å². The molecule has 2 aromatic carbocycles. The summed E-state index contributed by atoms with van der Waals surface area (Å²) in [5.74, 6) is 5.53. The van der Waals surface area contributed by atoms with Crippen molar-refractivity contribution in [3.05, 3.63) is 70.8 Å². The van der Waals surface area contributed by atoms with Crippen molar-refractivity contribution in [1.29, 1.82) is 0 Å². The predicted octanol–water partition coefficient (Wildman–Crippen LogP) is 5.31. The molecule has 0 saturated carbocycles. The highest BCUT2D eigenvalue weighted by molar-refractivity contribution is 7.38. The van der Waals surface area contributed by atoms with Gasteiger partial charge in [-0.05, 0) is 54.9 Å². The molecule has 3 rings (SSSR count). The van der Waals surface area contributed by atoms with Crippen molar-refractivity contribution < 1.29 is 4.43 Å². The van der Waals surface area contributed by atoms with Crippen LogP contribution >= 0.6 is 0 Å². The topological polar surface area (TPSA) is 9.23 Å². The molecule has 132 valence electrons. The molecule has 0 radical (unpaired) electrons. The fourth-order valence-electron chi connectivity index (χ4n) is 3.71. The summed E-state index contributed by atoms with van der Waals surface area (Å²) in [4.78, 5) is 0. The maximum absolute atomic E-state index is 7.11. The maximum atomic E-state index is 7.11.